The number of benzene rings is 3. The average molecular weight is 642 g/mol. The van der Waals surface area contributed by atoms with Crippen LogP contribution in [0.15, 0.2) is 81.2 Å². The van der Waals surface area contributed by atoms with E-state index in [-0.39, 0.29) is 22.5 Å². The first kappa shape index (κ1) is 24.9. The molecule has 0 unspecified atom stereocenters. The Balaban J connectivity index is 1.66. The number of hydrogen-bond donors (Lipinski definition) is 2. The van der Waals surface area contributed by atoms with Gasteiger partial charge in [-0.25, -0.2) is 5.43 Å². The number of halogens is 2. The molecule has 0 saturated heterocycles. The van der Waals surface area contributed by atoms with Crippen molar-refractivity contribution in [3.05, 3.63) is 85.9 Å². The lowest BCUT2D eigenvalue weighted by atomic mass is 10.2. The van der Waals surface area contributed by atoms with Crippen LogP contribution in [0.3, 0.4) is 0 Å². The number of amides is 2. The minimum Gasteiger partial charge on any atom is -0.378 e. The van der Waals surface area contributed by atoms with Gasteiger partial charge in [-0.15, -0.1) is 0 Å². The zero-order valence-electron chi connectivity index (χ0n) is 17.1. The zero-order valence-corrected chi connectivity index (χ0v) is 21.6. The topological polar surface area (TPSA) is 114 Å². The number of carbonyl (C=O) groups is 2. The SMILES string of the molecule is CC(=O)Nc1ccc(S(=O)(=O)Oc2ccc(/C=N\NC(=O)c3cccc(I)c3)cc2Br)cc1. The molecule has 0 fully saturated rings. The van der Waals surface area contributed by atoms with Crippen molar-refractivity contribution in [2.45, 2.75) is 11.8 Å². The van der Waals surface area contributed by atoms with E-state index in [0.29, 0.717) is 21.3 Å². The Morgan fingerprint density at radius 3 is 2.42 bits per heavy atom. The highest BCUT2D eigenvalue weighted by Crippen LogP contribution is 2.29. The van der Waals surface area contributed by atoms with Gasteiger partial charge in [-0.1, -0.05) is 6.07 Å². The standard InChI is InChI=1S/C22H17BrIN3O5S/c1-14(28)26-18-6-8-19(9-7-18)33(30,31)32-21-10-5-15(11-20(21)23)13-25-27-22(29)16-3-2-4-17(24)12-16/h2-13H,1H3,(H,26,28)(H,27,29)/b25-13-. The van der Waals surface area contributed by atoms with E-state index < -0.39 is 10.1 Å². The van der Waals surface area contributed by atoms with Crippen LogP contribution in [0.2, 0.25) is 0 Å². The maximum absolute atomic E-state index is 12.6. The van der Waals surface area contributed by atoms with E-state index in [1.165, 1.54) is 43.5 Å². The van der Waals surface area contributed by atoms with Gasteiger partial charge in [-0.2, -0.15) is 13.5 Å². The largest absolute Gasteiger partial charge is 0.378 e. The summed E-state index contributed by atoms with van der Waals surface area (Å²) in [6.45, 7) is 1.36. The minimum atomic E-state index is -4.09. The van der Waals surface area contributed by atoms with Gasteiger partial charge in [0.15, 0.2) is 5.75 Å². The van der Waals surface area contributed by atoms with Gasteiger partial charge in [-0.05, 0) is 105 Å². The summed E-state index contributed by atoms with van der Waals surface area (Å²) in [6.07, 6.45) is 1.43. The second kappa shape index (κ2) is 10.9. The number of rotatable bonds is 7. The van der Waals surface area contributed by atoms with E-state index in [0.717, 1.165) is 3.57 Å². The smallest absolute Gasteiger partial charge is 0.339 e. The van der Waals surface area contributed by atoms with Gasteiger partial charge in [0.25, 0.3) is 5.91 Å². The molecule has 2 N–H and O–H groups in total. The van der Waals surface area contributed by atoms with E-state index in [1.807, 2.05) is 6.07 Å². The summed E-state index contributed by atoms with van der Waals surface area (Å²) in [5, 5.41) is 6.50. The van der Waals surface area contributed by atoms with Crippen LogP contribution in [0.25, 0.3) is 0 Å². The Hall–Kier alpha value is -2.77. The molecule has 170 valence electrons. The van der Waals surface area contributed by atoms with Crippen molar-refractivity contribution in [3.63, 3.8) is 0 Å². The Kier molecular flexibility index (Phi) is 8.21. The third-order valence-corrected chi connectivity index (χ3v) is 6.62. The molecule has 0 aliphatic heterocycles. The average Bonchev–Trinajstić information content (AvgIpc) is 2.75. The molecule has 0 atom stereocenters. The van der Waals surface area contributed by atoms with Gasteiger partial charge in [-0.3, -0.25) is 9.59 Å². The van der Waals surface area contributed by atoms with E-state index >= 15 is 0 Å². The zero-order chi connectivity index (χ0) is 24.0. The molecule has 2 amide bonds. The first-order valence-corrected chi connectivity index (χ1v) is 12.6. The predicted molar refractivity (Wildman–Crippen MR) is 137 cm³/mol. The lowest BCUT2D eigenvalue weighted by Gasteiger charge is -2.10. The van der Waals surface area contributed by atoms with Crippen LogP contribution in [-0.2, 0) is 14.9 Å². The molecule has 0 aliphatic rings. The molecule has 0 aliphatic carbocycles. The van der Waals surface area contributed by atoms with Gasteiger partial charge in [0.1, 0.15) is 4.90 Å². The van der Waals surface area contributed by atoms with Crippen molar-refractivity contribution in [2.24, 2.45) is 5.10 Å². The van der Waals surface area contributed by atoms with Gasteiger partial charge < -0.3 is 9.50 Å². The maximum atomic E-state index is 12.6. The highest BCUT2D eigenvalue weighted by molar-refractivity contribution is 14.1. The predicted octanol–water partition coefficient (Wildman–Crippen LogP) is 4.54. The second-order valence-corrected chi connectivity index (χ2v) is 10.3. The molecule has 3 aromatic rings. The van der Waals surface area contributed by atoms with Gasteiger partial charge in [0.05, 0.1) is 10.7 Å². The molecule has 0 saturated carbocycles. The fourth-order valence-electron chi connectivity index (χ4n) is 2.60. The van der Waals surface area contributed by atoms with Crippen molar-refractivity contribution in [1.29, 1.82) is 0 Å². The van der Waals surface area contributed by atoms with Crippen LogP contribution in [0.4, 0.5) is 5.69 Å². The molecule has 0 heterocycles. The highest BCUT2D eigenvalue weighted by Gasteiger charge is 2.18. The van der Waals surface area contributed by atoms with E-state index in [9.17, 15) is 18.0 Å². The summed E-state index contributed by atoms with van der Waals surface area (Å²) >= 11 is 5.41. The molecule has 8 nitrogen and oxygen atoms in total. The summed E-state index contributed by atoms with van der Waals surface area (Å²) in [4.78, 5) is 23.2. The van der Waals surface area contributed by atoms with Crippen LogP contribution in [-0.4, -0.2) is 26.4 Å². The Morgan fingerprint density at radius 2 is 1.79 bits per heavy atom. The molecule has 0 aromatic heterocycles. The number of hydrazone groups is 1. The lowest BCUT2D eigenvalue weighted by molar-refractivity contribution is -0.114. The van der Waals surface area contributed by atoms with Crippen molar-refractivity contribution in [2.75, 3.05) is 5.32 Å². The number of carbonyl (C=O) groups excluding carboxylic acids is 2. The first-order valence-electron chi connectivity index (χ1n) is 9.35. The second-order valence-electron chi connectivity index (χ2n) is 6.64. The number of anilines is 1. The summed E-state index contributed by atoms with van der Waals surface area (Å²) in [6, 6.07) is 17.4. The molecule has 11 heteroatoms. The van der Waals surface area contributed by atoms with Crippen molar-refractivity contribution in [1.82, 2.24) is 5.43 Å². The molecule has 3 aromatic carbocycles. The number of nitrogens with one attached hydrogen (secondary N) is 2. The van der Waals surface area contributed by atoms with Gasteiger partial charge in [0, 0.05) is 21.7 Å². The van der Waals surface area contributed by atoms with Crippen LogP contribution in [0.5, 0.6) is 5.75 Å². The molecule has 3 rings (SSSR count). The van der Waals surface area contributed by atoms with E-state index in [1.54, 1.807) is 30.3 Å². The van der Waals surface area contributed by atoms with Crippen LogP contribution in [0, 0.1) is 3.57 Å². The Labute approximate surface area is 212 Å². The van der Waals surface area contributed by atoms with Crippen molar-refractivity contribution < 1.29 is 22.2 Å². The summed E-state index contributed by atoms with van der Waals surface area (Å²) < 4.78 is 31.7. The fourth-order valence-corrected chi connectivity index (χ4v) is 4.67. The third kappa shape index (κ3) is 7.11. The molecule has 33 heavy (non-hydrogen) atoms. The number of nitrogens with zero attached hydrogens (tertiary/aromatic N) is 1. The number of hydrogen-bond acceptors (Lipinski definition) is 6. The van der Waals surface area contributed by atoms with Crippen LogP contribution in [0.1, 0.15) is 22.8 Å². The summed E-state index contributed by atoms with van der Waals surface area (Å²) in [5.41, 5.74) is 4.01. The quantitative estimate of drug-likeness (QED) is 0.170. The molecular weight excluding hydrogens is 625 g/mol. The monoisotopic (exact) mass is 641 g/mol. The van der Waals surface area contributed by atoms with Crippen LogP contribution >= 0.6 is 38.5 Å². The van der Waals surface area contributed by atoms with Crippen molar-refractivity contribution >= 4 is 72.4 Å². The Morgan fingerprint density at radius 1 is 1.06 bits per heavy atom. The van der Waals surface area contributed by atoms with E-state index in [2.05, 4.69) is 54.4 Å². The highest BCUT2D eigenvalue weighted by atomic mass is 127. The van der Waals surface area contributed by atoms with Gasteiger partial charge >= 0.3 is 10.1 Å². The fraction of sp³-hybridized carbons (Fsp3) is 0.0455. The van der Waals surface area contributed by atoms with Crippen LogP contribution < -0.4 is 14.9 Å². The third-order valence-electron chi connectivity index (χ3n) is 4.09. The molecule has 0 radical (unpaired) electrons. The van der Waals surface area contributed by atoms with Crippen molar-refractivity contribution in [3.8, 4) is 5.75 Å². The maximum Gasteiger partial charge on any atom is 0.339 e. The molecular formula is C22H17BrIN3O5S. The Bertz CT molecular complexity index is 1330. The summed E-state index contributed by atoms with van der Waals surface area (Å²) in [7, 11) is -4.09. The minimum absolute atomic E-state index is 0.0626. The van der Waals surface area contributed by atoms with Gasteiger partial charge in [0.2, 0.25) is 5.91 Å². The normalized spacial score (nSPS) is 11.2. The molecule has 0 bridgehead atoms. The van der Waals surface area contributed by atoms with E-state index in [4.69, 9.17) is 4.18 Å². The summed E-state index contributed by atoms with van der Waals surface area (Å²) in [5.74, 6) is -0.524. The first-order chi connectivity index (χ1) is 15.6. The lowest BCUT2D eigenvalue weighted by Crippen LogP contribution is -2.17. The molecule has 0 spiro atoms.